The molecular formula is C21H24N4O3S2. The number of nitrogens with one attached hydrogen (secondary N) is 2. The number of nitrogens with zero attached hydrogens (tertiary/aromatic N) is 2. The van der Waals surface area contributed by atoms with Gasteiger partial charge in [-0.15, -0.1) is 0 Å². The summed E-state index contributed by atoms with van der Waals surface area (Å²) in [5.41, 5.74) is 4.31. The number of rotatable bonds is 7. The van der Waals surface area contributed by atoms with E-state index in [2.05, 4.69) is 33.2 Å². The van der Waals surface area contributed by atoms with Gasteiger partial charge in [-0.1, -0.05) is 30.0 Å². The van der Waals surface area contributed by atoms with Crippen LogP contribution in [0.1, 0.15) is 16.7 Å². The maximum Gasteiger partial charge on any atom is 0.240 e. The van der Waals surface area contributed by atoms with E-state index < -0.39 is 10.0 Å². The quantitative estimate of drug-likeness (QED) is 0.545. The van der Waals surface area contributed by atoms with E-state index in [1.165, 1.54) is 24.9 Å². The number of carbonyl (C=O) groups excluding carboxylic acids is 1. The summed E-state index contributed by atoms with van der Waals surface area (Å²) in [5.74, 6) is -0.101. The van der Waals surface area contributed by atoms with Crippen molar-refractivity contribution in [1.82, 2.24) is 14.3 Å². The van der Waals surface area contributed by atoms with Gasteiger partial charge in [-0.25, -0.2) is 18.1 Å². The van der Waals surface area contributed by atoms with Crippen LogP contribution in [0.2, 0.25) is 0 Å². The monoisotopic (exact) mass is 444 g/mol. The molecule has 0 saturated heterocycles. The minimum atomic E-state index is -3.60. The SMILES string of the molecule is CNS(=O)(=O)c1cc(NC(=O)CSc2nccn2-c2cc(C)ccc2C)ccc1C. The molecule has 0 aliphatic carbocycles. The van der Waals surface area contributed by atoms with E-state index in [0.29, 0.717) is 16.4 Å². The molecule has 1 aromatic heterocycles. The third kappa shape index (κ3) is 4.92. The van der Waals surface area contributed by atoms with Gasteiger partial charge in [0.2, 0.25) is 15.9 Å². The Morgan fingerprint density at radius 2 is 1.83 bits per heavy atom. The van der Waals surface area contributed by atoms with Gasteiger partial charge in [0.25, 0.3) is 0 Å². The Hall–Kier alpha value is -2.62. The molecule has 1 amide bonds. The maximum absolute atomic E-state index is 12.5. The van der Waals surface area contributed by atoms with Crippen molar-refractivity contribution in [2.45, 2.75) is 30.8 Å². The molecule has 0 fully saturated rings. The van der Waals surface area contributed by atoms with Crippen molar-refractivity contribution in [2.24, 2.45) is 0 Å². The summed E-state index contributed by atoms with van der Waals surface area (Å²) in [6.07, 6.45) is 3.58. The smallest absolute Gasteiger partial charge is 0.240 e. The number of benzene rings is 2. The number of hydrogen-bond acceptors (Lipinski definition) is 5. The summed E-state index contributed by atoms with van der Waals surface area (Å²) in [7, 11) is -2.24. The average molecular weight is 445 g/mol. The Labute approximate surface area is 181 Å². The Kier molecular flexibility index (Phi) is 6.64. The molecule has 1 heterocycles. The van der Waals surface area contributed by atoms with Crippen LogP contribution in [0.5, 0.6) is 0 Å². The van der Waals surface area contributed by atoms with E-state index >= 15 is 0 Å². The van der Waals surface area contributed by atoms with Crippen molar-refractivity contribution in [3.8, 4) is 5.69 Å². The lowest BCUT2D eigenvalue weighted by Crippen LogP contribution is -2.20. The van der Waals surface area contributed by atoms with E-state index in [1.54, 1.807) is 25.3 Å². The van der Waals surface area contributed by atoms with Gasteiger partial charge in [-0.05, 0) is 62.7 Å². The average Bonchev–Trinajstić information content (AvgIpc) is 3.18. The molecule has 0 saturated carbocycles. The first kappa shape index (κ1) is 22.1. The Morgan fingerprint density at radius 3 is 2.57 bits per heavy atom. The molecule has 158 valence electrons. The van der Waals surface area contributed by atoms with E-state index in [0.717, 1.165) is 16.8 Å². The molecule has 0 radical (unpaired) electrons. The number of anilines is 1. The zero-order chi connectivity index (χ0) is 21.9. The summed E-state index contributed by atoms with van der Waals surface area (Å²) in [5, 5.41) is 3.47. The molecular weight excluding hydrogens is 420 g/mol. The number of sulfonamides is 1. The van der Waals surface area contributed by atoms with E-state index in [4.69, 9.17) is 0 Å². The van der Waals surface area contributed by atoms with E-state index in [9.17, 15) is 13.2 Å². The van der Waals surface area contributed by atoms with Crippen LogP contribution >= 0.6 is 11.8 Å². The highest BCUT2D eigenvalue weighted by Gasteiger charge is 2.16. The standard InChI is InChI=1S/C21H24N4O3S2/c1-14-5-6-15(2)18(11-14)25-10-9-23-21(25)29-13-20(26)24-17-8-7-16(3)19(12-17)30(27,28)22-4/h5-12,22H,13H2,1-4H3,(H,24,26). The van der Waals surface area contributed by atoms with Crippen molar-refractivity contribution in [3.05, 3.63) is 65.5 Å². The predicted octanol–water partition coefficient (Wildman–Crippen LogP) is 3.44. The molecule has 2 aromatic carbocycles. The highest BCUT2D eigenvalue weighted by atomic mass is 32.2. The molecule has 0 bridgehead atoms. The lowest BCUT2D eigenvalue weighted by atomic mass is 10.1. The Balaban J connectivity index is 1.72. The third-order valence-electron chi connectivity index (χ3n) is 4.59. The van der Waals surface area contributed by atoms with Gasteiger partial charge in [0.1, 0.15) is 0 Å². The molecule has 3 rings (SSSR count). The molecule has 7 nitrogen and oxygen atoms in total. The molecule has 0 unspecified atom stereocenters. The summed E-state index contributed by atoms with van der Waals surface area (Å²) in [6, 6.07) is 11.0. The minimum absolute atomic E-state index is 0.140. The minimum Gasteiger partial charge on any atom is -0.325 e. The highest BCUT2D eigenvalue weighted by molar-refractivity contribution is 7.99. The predicted molar refractivity (Wildman–Crippen MR) is 120 cm³/mol. The summed E-state index contributed by atoms with van der Waals surface area (Å²) in [4.78, 5) is 17.0. The molecule has 9 heteroatoms. The van der Waals surface area contributed by atoms with Crippen LogP contribution in [-0.2, 0) is 14.8 Å². The van der Waals surface area contributed by atoms with Crippen LogP contribution in [0.3, 0.4) is 0 Å². The van der Waals surface area contributed by atoms with Crippen LogP contribution in [0, 0.1) is 20.8 Å². The van der Waals surface area contributed by atoms with E-state index in [1.807, 2.05) is 24.6 Å². The fourth-order valence-corrected chi connectivity index (χ4v) is 4.72. The second kappa shape index (κ2) is 9.03. The highest BCUT2D eigenvalue weighted by Crippen LogP contribution is 2.24. The van der Waals surface area contributed by atoms with Gasteiger partial charge >= 0.3 is 0 Å². The number of aryl methyl sites for hydroxylation is 3. The van der Waals surface area contributed by atoms with Crippen LogP contribution in [0.25, 0.3) is 5.69 Å². The Bertz CT molecular complexity index is 1190. The maximum atomic E-state index is 12.5. The second-order valence-electron chi connectivity index (χ2n) is 6.89. The lowest BCUT2D eigenvalue weighted by molar-refractivity contribution is -0.113. The third-order valence-corrected chi connectivity index (χ3v) is 7.12. The van der Waals surface area contributed by atoms with Crippen molar-refractivity contribution in [3.63, 3.8) is 0 Å². The van der Waals surface area contributed by atoms with Gasteiger partial charge in [-0.3, -0.25) is 9.36 Å². The van der Waals surface area contributed by atoms with Gasteiger partial charge < -0.3 is 5.32 Å². The number of aromatic nitrogens is 2. The Morgan fingerprint density at radius 1 is 1.10 bits per heavy atom. The molecule has 2 N–H and O–H groups in total. The molecule has 0 aliphatic heterocycles. The zero-order valence-corrected chi connectivity index (χ0v) is 18.9. The van der Waals surface area contributed by atoms with Crippen LogP contribution in [-0.4, -0.2) is 36.7 Å². The largest absolute Gasteiger partial charge is 0.325 e. The fourth-order valence-electron chi connectivity index (χ4n) is 2.96. The number of imidazole rings is 1. The van der Waals surface area contributed by atoms with Crippen LogP contribution < -0.4 is 10.0 Å². The number of hydrogen-bond donors (Lipinski definition) is 2. The second-order valence-corrected chi connectivity index (χ2v) is 9.69. The lowest BCUT2D eigenvalue weighted by Gasteiger charge is -2.12. The van der Waals surface area contributed by atoms with Gasteiger partial charge in [0, 0.05) is 18.1 Å². The van der Waals surface area contributed by atoms with Gasteiger partial charge in [0.05, 0.1) is 16.3 Å². The first-order valence-corrected chi connectivity index (χ1v) is 11.8. The van der Waals surface area contributed by atoms with Crippen LogP contribution in [0.4, 0.5) is 5.69 Å². The molecule has 30 heavy (non-hydrogen) atoms. The molecule has 0 spiro atoms. The first-order valence-electron chi connectivity index (χ1n) is 9.29. The number of thioether (sulfide) groups is 1. The zero-order valence-electron chi connectivity index (χ0n) is 17.3. The van der Waals surface area contributed by atoms with Crippen molar-refractivity contribution in [1.29, 1.82) is 0 Å². The first-order chi connectivity index (χ1) is 14.2. The number of carbonyl (C=O) groups is 1. The summed E-state index contributed by atoms with van der Waals surface area (Å²) >= 11 is 1.32. The van der Waals surface area contributed by atoms with Gasteiger partial charge in [-0.2, -0.15) is 0 Å². The fraction of sp³-hybridized carbons (Fsp3) is 0.238. The van der Waals surface area contributed by atoms with Crippen molar-refractivity contribution < 1.29 is 13.2 Å². The number of amides is 1. The van der Waals surface area contributed by atoms with Gasteiger partial charge in [0.15, 0.2) is 5.16 Å². The topological polar surface area (TPSA) is 93.1 Å². The van der Waals surface area contributed by atoms with E-state index in [-0.39, 0.29) is 16.6 Å². The molecule has 0 atom stereocenters. The van der Waals surface area contributed by atoms with Crippen LogP contribution in [0.15, 0.2) is 58.8 Å². The van der Waals surface area contributed by atoms with Crippen molar-refractivity contribution in [2.75, 3.05) is 18.1 Å². The van der Waals surface area contributed by atoms with Crippen molar-refractivity contribution >= 4 is 33.4 Å². The molecule has 3 aromatic rings. The normalized spacial score (nSPS) is 11.5. The summed E-state index contributed by atoms with van der Waals surface area (Å²) in [6.45, 7) is 5.77. The summed E-state index contributed by atoms with van der Waals surface area (Å²) < 4.78 is 28.5. The molecule has 0 aliphatic rings.